The van der Waals surface area contributed by atoms with Crippen molar-refractivity contribution in [2.75, 3.05) is 5.32 Å². The van der Waals surface area contributed by atoms with Gasteiger partial charge in [0.1, 0.15) is 5.75 Å². The number of nitrogens with one attached hydrogen (secondary N) is 1. The predicted octanol–water partition coefficient (Wildman–Crippen LogP) is 5.73. The van der Waals surface area contributed by atoms with Crippen molar-refractivity contribution in [2.24, 2.45) is 0 Å². The van der Waals surface area contributed by atoms with E-state index in [0.29, 0.717) is 12.1 Å². The van der Waals surface area contributed by atoms with Crippen molar-refractivity contribution >= 4 is 37.5 Å². The molecule has 0 amide bonds. The molecule has 0 atom stereocenters. The Kier molecular flexibility index (Phi) is 5.58. The summed E-state index contributed by atoms with van der Waals surface area (Å²) in [5.74, 6) is 0.171. The maximum Gasteiger partial charge on any atom is 0.387 e. The molecule has 21 heavy (non-hydrogen) atoms. The zero-order valence-corrected chi connectivity index (χ0v) is 14.3. The van der Waals surface area contributed by atoms with Crippen LogP contribution in [0.3, 0.4) is 0 Å². The Labute approximate surface area is 138 Å². The van der Waals surface area contributed by atoms with E-state index in [1.807, 2.05) is 25.1 Å². The molecule has 0 heterocycles. The van der Waals surface area contributed by atoms with E-state index in [0.717, 1.165) is 20.2 Å². The maximum atomic E-state index is 12.4. The summed E-state index contributed by atoms with van der Waals surface area (Å²) < 4.78 is 31.1. The van der Waals surface area contributed by atoms with Crippen LogP contribution in [0.1, 0.15) is 11.1 Å². The van der Waals surface area contributed by atoms with Crippen molar-refractivity contribution in [3.8, 4) is 5.75 Å². The van der Waals surface area contributed by atoms with Crippen LogP contribution >= 0.6 is 31.9 Å². The molecule has 0 radical (unpaired) electrons. The fraction of sp³-hybridized carbons (Fsp3) is 0.200. The lowest BCUT2D eigenvalue weighted by atomic mass is 10.2. The van der Waals surface area contributed by atoms with Crippen molar-refractivity contribution in [1.29, 1.82) is 0 Å². The number of anilines is 1. The van der Waals surface area contributed by atoms with Gasteiger partial charge in [-0.15, -0.1) is 0 Å². The van der Waals surface area contributed by atoms with E-state index in [-0.39, 0.29) is 5.75 Å². The number of alkyl halides is 2. The first-order valence-electron chi connectivity index (χ1n) is 6.19. The van der Waals surface area contributed by atoms with E-state index in [2.05, 4.69) is 41.9 Å². The van der Waals surface area contributed by atoms with Crippen molar-refractivity contribution in [3.63, 3.8) is 0 Å². The molecule has 112 valence electrons. The molecule has 0 bridgehead atoms. The Hall–Kier alpha value is -1.14. The smallest absolute Gasteiger partial charge is 0.387 e. The number of aryl methyl sites for hydroxylation is 1. The number of benzene rings is 2. The zero-order chi connectivity index (χ0) is 15.4. The van der Waals surface area contributed by atoms with Crippen LogP contribution in [0.2, 0.25) is 0 Å². The Bertz CT molecular complexity index is 635. The standard InChI is InChI=1S/C15H13Br2F2NO/c1-9-2-4-12(17)13(6-9)20-8-10-7-11(16)3-5-14(10)21-15(18)19/h2-7,15,20H,8H2,1H3. The minimum Gasteiger partial charge on any atom is -0.434 e. The lowest BCUT2D eigenvalue weighted by molar-refractivity contribution is -0.0504. The number of rotatable bonds is 5. The van der Waals surface area contributed by atoms with Crippen LogP contribution in [0, 0.1) is 6.92 Å². The zero-order valence-electron chi connectivity index (χ0n) is 11.2. The monoisotopic (exact) mass is 419 g/mol. The molecule has 2 rings (SSSR count). The second-order valence-electron chi connectivity index (χ2n) is 4.47. The molecule has 0 aliphatic rings. The van der Waals surface area contributed by atoms with Gasteiger partial charge in [-0.1, -0.05) is 22.0 Å². The Balaban J connectivity index is 2.18. The van der Waals surface area contributed by atoms with Crippen LogP contribution in [-0.4, -0.2) is 6.61 Å². The number of hydrogen-bond acceptors (Lipinski definition) is 2. The molecular formula is C15H13Br2F2NO. The first-order chi connectivity index (χ1) is 9.95. The summed E-state index contributed by atoms with van der Waals surface area (Å²) in [6.45, 7) is -0.471. The van der Waals surface area contributed by atoms with Crippen LogP contribution in [0.15, 0.2) is 45.3 Å². The molecule has 0 aliphatic carbocycles. The molecule has 2 aromatic carbocycles. The highest BCUT2D eigenvalue weighted by Gasteiger charge is 2.10. The van der Waals surface area contributed by atoms with Crippen LogP contribution in [-0.2, 0) is 6.54 Å². The highest BCUT2D eigenvalue weighted by Crippen LogP contribution is 2.28. The quantitative estimate of drug-likeness (QED) is 0.666. The molecule has 0 aromatic heterocycles. The first kappa shape index (κ1) is 16.2. The molecule has 0 saturated carbocycles. The van der Waals surface area contributed by atoms with Gasteiger partial charge in [0.2, 0.25) is 0 Å². The minimum atomic E-state index is -2.84. The van der Waals surface area contributed by atoms with Crippen molar-refractivity contribution in [2.45, 2.75) is 20.1 Å². The molecule has 1 N–H and O–H groups in total. The molecule has 0 aliphatic heterocycles. The number of ether oxygens (including phenoxy) is 1. The van der Waals surface area contributed by atoms with Crippen LogP contribution in [0.4, 0.5) is 14.5 Å². The van der Waals surface area contributed by atoms with E-state index < -0.39 is 6.61 Å². The Morgan fingerprint density at radius 1 is 1.14 bits per heavy atom. The summed E-state index contributed by atoms with van der Waals surface area (Å²) in [7, 11) is 0. The summed E-state index contributed by atoms with van der Waals surface area (Å²) >= 11 is 6.79. The van der Waals surface area contributed by atoms with Gasteiger partial charge in [0.05, 0.1) is 0 Å². The summed E-state index contributed by atoms with van der Waals surface area (Å²) in [5, 5.41) is 3.22. The predicted molar refractivity (Wildman–Crippen MR) is 87.0 cm³/mol. The highest BCUT2D eigenvalue weighted by molar-refractivity contribution is 9.10. The molecule has 0 unspecified atom stereocenters. The largest absolute Gasteiger partial charge is 0.434 e. The van der Waals surface area contributed by atoms with E-state index in [1.165, 1.54) is 6.07 Å². The van der Waals surface area contributed by atoms with Gasteiger partial charge in [0, 0.05) is 26.7 Å². The molecule has 0 spiro atoms. The Morgan fingerprint density at radius 2 is 1.90 bits per heavy atom. The second kappa shape index (κ2) is 7.22. The second-order valence-corrected chi connectivity index (χ2v) is 6.24. The lowest BCUT2D eigenvalue weighted by Gasteiger charge is -2.14. The van der Waals surface area contributed by atoms with E-state index in [1.54, 1.807) is 12.1 Å². The fourth-order valence-corrected chi connectivity index (χ4v) is 2.66. The van der Waals surface area contributed by atoms with Gasteiger partial charge in [-0.3, -0.25) is 0 Å². The molecular weight excluding hydrogens is 408 g/mol. The third kappa shape index (κ3) is 4.68. The normalized spacial score (nSPS) is 10.8. The highest BCUT2D eigenvalue weighted by atomic mass is 79.9. The maximum absolute atomic E-state index is 12.4. The van der Waals surface area contributed by atoms with Gasteiger partial charge in [0.25, 0.3) is 0 Å². The minimum absolute atomic E-state index is 0.171. The van der Waals surface area contributed by atoms with Gasteiger partial charge < -0.3 is 10.1 Å². The van der Waals surface area contributed by atoms with Gasteiger partial charge in [-0.25, -0.2) is 0 Å². The first-order valence-corrected chi connectivity index (χ1v) is 7.77. The van der Waals surface area contributed by atoms with Crippen molar-refractivity contribution in [1.82, 2.24) is 0 Å². The van der Waals surface area contributed by atoms with Crippen molar-refractivity contribution in [3.05, 3.63) is 56.5 Å². The van der Waals surface area contributed by atoms with Gasteiger partial charge >= 0.3 is 6.61 Å². The van der Waals surface area contributed by atoms with E-state index in [4.69, 9.17) is 0 Å². The Morgan fingerprint density at radius 3 is 2.62 bits per heavy atom. The average Bonchev–Trinajstić information content (AvgIpc) is 2.42. The topological polar surface area (TPSA) is 21.3 Å². The van der Waals surface area contributed by atoms with E-state index >= 15 is 0 Å². The van der Waals surface area contributed by atoms with Crippen LogP contribution in [0.25, 0.3) is 0 Å². The SMILES string of the molecule is Cc1ccc(Br)c(NCc2cc(Br)ccc2OC(F)F)c1. The van der Waals surface area contributed by atoms with Gasteiger partial charge in [-0.05, 0) is 58.7 Å². The summed E-state index contributed by atoms with van der Waals surface area (Å²) in [4.78, 5) is 0. The molecule has 0 saturated heterocycles. The van der Waals surface area contributed by atoms with Crippen LogP contribution in [0.5, 0.6) is 5.75 Å². The summed E-state index contributed by atoms with van der Waals surface area (Å²) in [6, 6.07) is 10.9. The molecule has 0 fully saturated rings. The average molecular weight is 421 g/mol. The summed E-state index contributed by atoms with van der Waals surface area (Å²) in [6.07, 6.45) is 0. The fourth-order valence-electron chi connectivity index (χ4n) is 1.86. The number of hydrogen-bond donors (Lipinski definition) is 1. The van der Waals surface area contributed by atoms with Gasteiger partial charge in [0.15, 0.2) is 0 Å². The van der Waals surface area contributed by atoms with Crippen molar-refractivity contribution < 1.29 is 13.5 Å². The third-order valence-corrected chi connectivity index (χ3v) is 4.01. The van der Waals surface area contributed by atoms with Crippen LogP contribution < -0.4 is 10.1 Å². The van der Waals surface area contributed by atoms with Gasteiger partial charge in [-0.2, -0.15) is 8.78 Å². The molecule has 2 aromatic rings. The van der Waals surface area contributed by atoms with E-state index in [9.17, 15) is 8.78 Å². The number of halogens is 4. The summed E-state index contributed by atoms with van der Waals surface area (Å²) in [5.41, 5.74) is 2.66. The third-order valence-electron chi connectivity index (χ3n) is 2.83. The molecule has 6 heteroatoms. The molecule has 2 nitrogen and oxygen atoms in total. The lowest BCUT2D eigenvalue weighted by Crippen LogP contribution is -2.07.